The molecule has 5 nitrogen and oxygen atoms in total. The highest BCUT2D eigenvalue weighted by atomic mass is 32.1. The summed E-state index contributed by atoms with van der Waals surface area (Å²) in [6.45, 7) is 1.84. The van der Waals surface area contributed by atoms with Gasteiger partial charge >= 0.3 is 0 Å². The molecule has 1 N–H and O–H groups in total. The second-order valence-electron chi connectivity index (χ2n) is 7.03. The van der Waals surface area contributed by atoms with Crippen LogP contribution in [0.4, 0.5) is 10.2 Å². The molecule has 3 aromatic carbocycles. The third-order valence-corrected chi connectivity index (χ3v) is 5.87. The molecule has 0 saturated carbocycles. The Labute approximate surface area is 175 Å². The van der Waals surface area contributed by atoms with Crippen LogP contribution in [0.5, 0.6) is 0 Å². The van der Waals surface area contributed by atoms with E-state index < -0.39 is 0 Å². The van der Waals surface area contributed by atoms with E-state index >= 15 is 0 Å². The van der Waals surface area contributed by atoms with Crippen molar-refractivity contribution in [1.82, 2.24) is 14.8 Å². The highest BCUT2D eigenvalue weighted by molar-refractivity contribution is 7.20. The number of halogens is 1. The molecule has 0 aliphatic carbocycles. The van der Waals surface area contributed by atoms with Crippen LogP contribution >= 0.6 is 11.3 Å². The zero-order valence-corrected chi connectivity index (χ0v) is 16.9. The van der Waals surface area contributed by atoms with E-state index in [1.165, 1.54) is 17.4 Å². The molecule has 0 unspecified atom stereocenters. The van der Waals surface area contributed by atoms with E-state index in [9.17, 15) is 9.18 Å². The first-order valence-corrected chi connectivity index (χ1v) is 10.3. The zero-order valence-electron chi connectivity index (χ0n) is 16.1. The Hall–Kier alpha value is -3.58. The largest absolute Gasteiger partial charge is 0.310 e. The SMILES string of the molecule is Cc1cc(NC(=O)Cc2cccc3ccccc23)n(-c2nc3c(F)cccc3s2)n1. The number of amides is 1. The molecule has 0 aliphatic heterocycles. The van der Waals surface area contributed by atoms with Crippen molar-refractivity contribution in [2.75, 3.05) is 5.32 Å². The molecule has 1 amide bonds. The van der Waals surface area contributed by atoms with Gasteiger partial charge in [0.05, 0.1) is 16.8 Å². The second-order valence-corrected chi connectivity index (χ2v) is 8.04. The van der Waals surface area contributed by atoms with Crippen LogP contribution in [0.1, 0.15) is 11.3 Å². The number of benzene rings is 3. The first-order valence-electron chi connectivity index (χ1n) is 9.47. The molecule has 5 rings (SSSR count). The van der Waals surface area contributed by atoms with Gasteiger partial charge < -0.3 is 5.32 Å². The van der Waals surface area contributed by atoms with Gasteiger partial charge in [-0.15, -0.1) is 0 Å². The number of hydrogen-bond donors (Lipinski definition) is 1. The molecule has 0 fully saturated rings. The van der Waals surface area contributed by atoms with Crippen LogP contribution in [0.2, 0.25) is 0 Å². The predicted octanol–water partition coefficient (Wildman–Crippen LogP) is 5.26. The number of fused-ring (bicyclic) bond motifs is 2. The van der Waals surface area contributed by atoms with Crippen LogP contribution in [0, 0.1) is 12.7 Å². The Balaban J connectivity index is 1.45. The number of para-hydroxylation sites is 1. The van der Waals surface area contributed by atoms with Gasteiger partial charge in [0.15, 0.2) is 0 Å². The molecule has 0 aliphatic rings. The maximum absolute atomic E-state index is 14.0. The fourth-order valence-corrected chi connectivity index (χ4v) is 4.48. The van der Waals surface area contributed by atoms with Gasteiger partial charge in [-0.05, 0) is 35.4 Å². The maximum atomic E-state index is 14.0. The number of aryl methyl sites for hydroxylation is 1. The van der Waals surface area contributed by atoms with Gasteiger partial charge in [0.25, 0.3) is 0 Å². The van der Waals surface area contributed by atoms with Gasteiger partial charge in [-0.25, -0.2) is 9.37 Å². The summed E-state index contributed by atoms with van der Waals surface area (Å²) in [4.78, 5) is 17.2. The smallest absolute Gasteiger partial charge is 0.229 e. The molecular formula is C23H17FN4OS. The van der Waals surface area contributed by atoms with Crippen LogP contribution in [0.15, 0.2) is 66.7 Å². The Morgan fingerprint density at radius 2 is 1.90 bits per heavy atom. The number of carbonyl (C=O) groups is 1. The third-order valence-electron chi connectivity index (χ3n) is 4.87. The van der Waals surface area contributed by atoms with Crippen molar-refractivity contribution >= 4 is 44.1 Å². The normalized spacial score (nSPS) is 11.3. The van der Waals surface area contributed by atoms with Crippen LogP contribution < -0.4 is 5.32 Å². The van der Waals surface area contributed by atoms with Gasteiger partial charge in [-0.3, -0.25) is 4.79 Å². The van der Waals surface area contributed by atoms with E-state index in [2.05, 4.69) is 15.4 Å². The number of nitrogens with zero attached hydrogens (tertiary/aromatic N) is 3. The minimum absolute atomic E-state index is 0.153. The lowest BCUT2D eigenvalue weighted by Crippen LogP contribution is -2.17. The van der Waals surface area contributed by atoms with Crippen molar-refractivity contribution in [2.24, 2.45) is 0 Å². The van der Waals surface area contributed by atoms with Crippen molar-refractivity contribution in [2.45, 2.75) is 13.3 Å². The zero-order chi connectivity index (χ0) is 20.7. The number of anilines is 1. The number of rotatable bonds is 4. The molecule has 0 saturated heterocycles. The van der Waals surface area contributed by atoms with E-state index in [1.807, 2.05) is 55.5 Å². The number of thiazole rings is 1. The van der Waals surface area contributed by atoms with Crippen LogP contribution in [-0.4, -0.2) is 20.7 Å². The van der Waals surface area contributed by atoms with E-state index in [0.717, 1.165) is 26.7 Å². The lowest BCUT2D eigenvalue weighted by molar-refractivity contribution is -0.115. The van der Waals surface area contributed by atoms with Crippen molar-refractivity contribution in [1.29, 1.82) is 0 Å². The average molecular weight is 416 g/mol. The van der Waals surface area contributed by atoms with E-state index in [4.69, 9.17) is 0 Å². The van der Waals surface area contributed by atoms with Crippen LogP contribution in [-0.2, 0) is 11.2 Å². The van der Waals surface area contributed by atoms with Crippen molar-refractivity contribution in [3.05, 3.63) is 83.8 Å². The summed E-state index contributed by atoms with van der Waals surface area (Å²) >= 11 is 1.32. The summed E-state index contributed by atoms with van der Waals surface area (Å²) in [5, 5.41) is 10.0. The van der Waals surface area contributed by atoms with Crippen molar-refractivity contribution in [3.63, 3.8) is 0 Å². The highest BCUT2D eigenvalue weighted by Gasteiger charge is 2.16. The fraction of sp³-hybridized carbons (Fsp3) is 0.0870. The summed E-state index contributed by atoms with van der Waals surface area (Å²) in [7, 11) is 0. The summed E-state index contributed by atoms with van der Waals surface area (Å²) in [5.41, 5.74) is 1.99. The molecule has 2 aromatic heterocycles. The topological polar surface area (TPSA) is 59.8 Å². The number of hydrogen-bond acceptors (Lipinski definition) is 4. The minimum Gasteiger partial charge on any atom is -0.310 e. The van der Waals surface area contributed by atoms with Crippen LogP contribution in [0.25, 0.3) is 26.1 Å². The Bertz CT molecular complexity index is 1400. The lowest BCUT2D eigenvalue weighted by Gasteiger charge is -2.08. The van der Waals surface area contributed by atoms with E-state index in [-0.39, 0.29) is 18.1 Å². The molecule has 0 spiro atoms. The fourth-order valence-electron chi connectivity index (χ4n) is 3.53. The van der Waals surface area contributed by atoms with Crippen LogP contribution in [0.3, 0.4) is 0 Å². The Morgan fingerprint density at radius 3 is 2.77 bits per heavy atom. The van der Waals surface area contributed by atoms with Gasteiger partial charge in [-0.2, -0.15) is 9.78 Å². The highest BCUT2D eigenvalue weighted by Crippen LogP contribution is 2.29. The third kappa shape index (κ3) is 3.33. The van der Waals surface area contributed by atoms with Crippen molar-refractivity contribution in [3.8, 4) is 5.13 Å². The molecule has 0 atom stereocenters. The predicted molar refractivity (Wildman–Crippen MR) is 118 cm³/mol. The van der Waals surface area contributed by atoms with E-state index in [1.54, 1.807) is 16.8 Å². The van der Waals surface area contributed by atoms with Gasteiger partial charge in [0.2, 0.25) is 11.0 Å². The second kappa shape index (κ2) is 7.35. The summed E-state index contributed by atoms with van der Waals surface area (Å²) in [6, 6.07) is 20.6. The Morgan fingerprint density at radius 1 is 1.10 bits per heavy atom. The number of nitrogens with one attached hydrogen (secondary N) is 1. The molecule has 0 bridgehead atoms. The quantitative estimate of drug-likeness (QED) is 0.435. The number of aromatic nitrogens is 3. The lowest BCUT2D eigenvalue weighted by atomic mass is 10.0. The molecule has 30 heavy (non-hydrogen) atoms. The van der Waals surface area contributed by atoms with Crippen molar-refractivity contribution < 1.29 is 9.18 Å². The molecule has 5 aromatic rings. The molecule has 0 radical (unpaired) electrons. The first-order chi connectivity index (χ1) is 14.6. The Kier molecular flexibility index (Phi) is 4.52. The first kappa shape index (κ1) is 18.4. The average Bonchev–Trinajstić information content (AvgIpc) is 3.32. The molecule has 2 heterocycles. The summed E-state index contributed by atoms with van der Waals surface area (Å²) in [5.74, 6) is -0.0163. The van der Waals surface area contributed by atoms with Gasteiger partial charge in [-0.1, -0.05) is 59.9 Å². The summed E-state index contributed by atoms with van der Waals surface area (Å²) in [6.07, 6.45) is 0.236. The van der Waals surface area contributed by atoms with Gasteiger partial charge in [0, 0.05) is 6.07 Å². The number of carbonyl (C=O) groups excluding carboxylic acids is 1. The van der Waals surface area contributed by atoms with E-state index in [0.29, 0.717) is 16.5 Å². The molecular weight excluding hydrogens is 399 g/mol. The monoisotopic (exact) mass is 416 g/mol. The standard InChI is InChI=1S/C23H17FN4OS/c1-14-12-20(28(27-14)23-26-22-18(24)10-5-11-19(22)30-23)25-21(29)13-16-8-4-7-15-6-2-3-9-17(15)16/h2-12H,13H2,1H3,(H,25,29). The van der Waals surface area contributed by atoms with Gasteiger partial charge in [0.1, 0.15) is 17.2 Å². The maximum Gasteiger partial charge on any atom is 0.229 e. The molecule has 7 heteroatoms. The minimum atomic E-state index is -0.375. The summed E-state index contributed by atoms with van der Waals surface area (Å²) < 4.78 is 16.3. The molecule has 148 valence electrons.